The van der Waals surface area contributed by atoms with Gasteiger partial charge in [0.1, 0.15) is 6.20 Å². The van der Waals surface area contributed by atoms with E-state index in [4.69, 9.17) is 11.6 Å². The zero-order chi connectivity index (χ0) is 14.0. The van der Waals surface area contributed by atoms with Gasteiger partial charge in [-0.15, -0.1) is 0 Å². The minimum absolute atomic E-state index is 0.0348. The Kier molecular flexibility index (Phi) is 4.16. The highest BCUT2D eigenvalue weighted by Gasteiger charge is 2.29. The van der Waals surface area contributed by atoms with Crippen LogP contribution in [-0.2, 0) is 0 Å². The molecule has 0 N–H and O–H groups in total. The average molecular weight is 286 g/mol. The van der Waals surface area contributed by atoms with Crippen LogP contribution >= 0.6 is 11.6 Å². The Hall–Kier alpha value is -1.47. The number of likely N-dealkylation sites (N-methyl/N-ethyl adjacent to an activating group) is 1. The van der Waals surface area contributed by atoms with Crippen LogP contribution in [0.5, 0.6) is 0 Å². The fraction of sp³-hybridized carbons (Fsp3) is 0.636. The molecule has 1 aliphatic rings. The zero-order valence-corrected chi connectivity index (χ0v) is 11.7. The third-order valence-corrected chi connectivity index (χ3v) is 3.65. The molecular weight excluding hydrogens is 270 g/mol. The number of hydrogen-bond donors (Lipinski definition) is 0. The second-order valence-corrected chi connectivity index (χ2v) is 4.93. The molecule has 2 rings (SSSR count). The lowest BCUT2D eigenvalue weighted by atomic mass is 10.1. The molecule has 1 atom stereocenters. The summed E-state index contributed by atoms with van der Waals surface area (Å²) >= 11 is 5.76. The Labute approximate surface area is 116 Å². The Morgan fingerprint density at radius 2 is 2.32 bits per heavy atom. The average Bonchev–Trinajstić information content (AvgIpc) is 2.38. The number of piperazine rings is 1. The normalized spacial score (nSPS) is 20.6. The third kappa shape index (κ3) is 2.93. The van der Waals surface area contributed by atoms with Crippen LogP contribution in [-0.4, -0.2) is 52.5 Å². The van der Waals surface area contributed by atoms with Gasteiger partial charge in [-0.25, -0.2) is 4.98 Å². The molecule has 1 aromatic heterocycles. The topological polar surface area (TPSA) is 75.4 Å². The molecular formula is C11H16ClN5O2. The van der Waals surface area contributed by atoms with Gasteiger partial charge >= 0.3 is 5.69 Å². The van der Waals surface area contributed by atoms with Crippen molar-refractivity contribution in [2.24, 2.45) is 0 Å². The van der Waals surface area contributed by atoms with E-state index in [2.05, 4.69) is 28.8 Å². The molecule has 8 heteroatoms. The van der Waals surface area contributed by atoms with Crippen molar-refractivity contribution in [2.45, 2.75) is 19.4 Å². The lowest BCUT2D eigenvalue weighted by Gasteiger charge is -2.39. The number of nitro groups is 1. The van der Waals surface area contributed by atoms with Crippen molar-refractivity contribution in [3.63, 3.8) is 0 Å². The molecule has 104 valence electrons. The molecule has 1 aromatic rings. The summed E-state index contributed by atoms with van der Waals surface area (Å²) in [6.07, 6.45) is 2.16. The predicted molar refractivity (Wildman–Crippen MR) is 72.6 cm³/mol. The predicted octanol–water partition coefficient (Wildman–Crippen LogP) is 1.57. The Bertz CT molecular complexity index is 484. The van der Waals surface area contributed by atoms with Gasteiger partial charge in [0.25, 0.3) is 0 Å². The molecule has 1 unspecified atom stereocenters. The molecule has 0 amide bonds. The smallest absolute Gasteiger partial charge is 0.329 e. The van der Waals surface area contributed by atoms with Crippen LogP contribution in [0.2, 0.25) is 5.28 Å². The van der Waals surface area contributed by atoms with Crippen LogP contribution in [0.3, 0.4) is 0 Å². The number of nitrogens with zero attached hydrogens (tertiary/aromatic N) is 5. The largest absolute Gasteiger partial charge is 0.348 e. The molecule has 0 aliphatic carbocycles. The Balaban J connectivity index is 2.31. The van der Waals surface area contributed by atoms with Gasteiger partial charge < -0.3 is 4.90 Å². The molecule has 0 bridgehead atoms. The molecule has 19 heavy (non-hydrogen) atoms. The van der Waals surface area contributed by atoms with Crippen LogP contribution in [0.15, 0.2) is 6.20 Å². The Morgan fingerprint density at radius 3 is 2.95 bits per heavy atom. The molecule has 0 spiro atoms. The van der Waals surface area contributed by atoms with Gasteiger partial charge in [-0.3, -0.25) is 15.0 Å². The number of halogens is 1. The first kappa shape index (κ1) is 14.0. The van der Waals surface area contributed by atoms with E-state index >= 15 is 0 Å². The summed E-state index contributed by atoms with van der Waals surface area (Å²) in [5.74, 6) is 0.316. The van der Waals surface area contributed by atoms with Gasteiger partial charge in [0.05, 0.1) is 4.92 Å². The maximum Gasteiger partial charge on any atom is 0.329 e. The van der Waals surface area contributed by atoms with Crippen LogP contribution < -0.4 is 4.90 Å². The van der Waals surface area contributed by atoms with E-state index in [1.807, 2.05) is 4.90 Å². The van der Waals surface area contributed by atoms with Crippen molar-refractivity contribution in [1.82, 2.24) is 14.9 Å². The first-order chi connectivity index (χ1) is 9.02. The third-order valence-electron chi connectivity index (χ3n) is 3.47. The van der Waals surface area contributed by atoms with Crippen molar-refractivity contribution in [2.75, 3.05) is 31.6 Å². The minimum atomic E-state index is -0.467. The number of anilines is 1. The summed E-state index contributed by atoms with van der Waals surface area (Å²) in [5, 5.41) is 11.1. The lowest BCUT2D eigenvalue weighted by molar-refractivity contribution is -0.384. The number of rotatable bonds is 3. The monoisotopic (exact) mass is 285 g/mol. The van der Waals surface area contributed by atoms with E-state index in [1.165, 1.54) is 6.20 Å². The van der Waals surface area contributed by atoms with E-state index in [9.17, 15) is 10.1 Å². The van der Waals surface area contributed by atoms with Gasteiger partial charge in [0, 0.05) is 25.7 Å². The summed E-state index contributed by atoms with van der Waals surface area (Å²) < 4.78 is 0. The van der Waals surface area contributed by atoms with Crippen LogP contribution in [0.25, 0.3) is 0 Å². The summed E-state index contributed by atoms with van der Waals surface area (Å²) in [4.78, 5) is 22.5. The van der Waals surface area contributed by atoms with E-state index < -0.39 is 4.92 Å². The number of hydrogen-bond acceptors (Lipinski definition) is 6. The second kappa shape index (κ2) is 5.66. The van der Waals surface area contributed by atoms with E-state index in [1.54, 1.807) is 0 Å². The number of aromatic nitrogens is 2. The molecule has 1 saturated heterocycles. The van der Waals surface area contributed by atoms with Crippen molar-refractivity contribution in [3.8, 4) is 0 Å². The fourth-order valence-corrected chi connectivity index (χ4v) is 2.42. The van der Waals surface area contributed by atoms with Crippen LogP contribution in [0, 0.1) is 10.1 Å². The maximum absolute atomic E-state index is 11.0. The highest BCUT2D eigenvalue weighted by molar-refractivity contribution is 6.28. The maximum atomic E-state index is 11.0. The van der Waals surface area contributed by atoms with Crippen molar-refractivity contribution in [1.29, 1.82) is 0 Å². The standard InChI is InChI=1S/C11H16ClN5O2/c1-3-8-7-16(5-4-15(8)2)10-9(17(18)19)6-13-11(12)14-10/h6,8H,3-5,7H2,1-2H3. The van der Waals surface area contributed by atoms with Gasteiger partial charge in [-0.1, -0.05) is 6.92 Å². The quantitative estimate of drug-likeness (QED) is 0.477. The van der Waals surface area contributed by atoms with Gasteiger partial charge in [-0.2, -0.15) is 4.98 Å². The lowest BCUT2D eigenvalue weighted by Crippen LogP contribution is -2.51. The minimum Gasteiger partial charge on any atom is -0.348 e. The van der Waals surface area contributed by atoms with Crippen LogP contribution in [0.4, 0.5) is 11.5 Å². The fourth-order valence-electron chi connectivity index (χ4n) is 2.29. The molecule has 7 nitrogen and oxygen atoms in total. The van der Waals surface area contributed by atoms with E-state index in [0.29, 0.717) is 24.9 Å². The summed E-state index contributed by atoms with van der Waals surface area (Å²) in [7, 11) is 2.06. The van der Waals surface area contributed by atoms with Gasteiger partial charge in [0.2, 0.25) is 11.1 Å². The van der Waals surface area contributed by atoms with Gasteiger partial charge in [-0.05, 0) is 25.1 Å². The van der Waals surface area contributed by atoms with Crippen LogP contribution in [0.1, 0.15) is 13.3 Å². The summed E-state index contributed by atoms with van der Waals surface area (Å²) in [6, 6.07) is 0.363. The SMILES string of the molecule is CCC1CN(c2nc(Cl)ncc2[N+](=O)[O-])CCN1C. The van der Waals surface area contributed by atoms with Crippen molar-refractivity contribution < 1.29 is 4.92 Å². The highest BCUT2D eigenvalue weighted by Crippen LogP contribution is 2.28. The second-order valence-electron chi connectivity index (χ2n) is 4.59. The molecule has 0 radical (unpaired) electrons. The molecule has 2 heterocycles. The Morgan fingerprint density at radius 1 is 1.58 bits per heavy atom. The first-order valence-corrected chi connectivity index (χ1v) is 6.52. The van der Waals surface area contributed by atoms with Crippen molar-refractivity contribution >= 4 is 23.1 Å². The van der Waals surface area contributed by atoms with Gasteiger partial charge in [0.15, 0.2) is 0 Å². The van der Waals surface area contributed by atoms with E-state index in [0.717, 1.165) is 13.0 Å². The molecule has 1 fully saturated rings. The first-order valence-electron chi connectivity index (χ1n) is 6.15. The molecule has 1 aliphatic heterocycles. The molecule has 0 aromatic carbocycles. The van der Waals surface area contributed by atoms with E-state index in [-0.39, 0.29) is 11.0 Å². The van der Waals surface area contributed by atoms with Crippen molar-refractivity contribution in [3.05, 3.63) is 21.6 Å². The molecule has 0 saturated carbocycles. The highest BCUT2D eigenvalue weighted by atomic mass is 35.5. The zero-order valence-electron chi connectivity index (χ0n) is 10.9. The summed E-state index contributed by atoms with van der Waals surface area (Å²) in [6.45, 7) is 4.35. The summed E-state index contributed by atoms with van der Waals surface area (Å²) in [5.41, 5.74) is -0.0937.